The van der Waals surface area contributed by atoms with E-state index < -0.39 is 16.6 Å². The highest BCUT2D eigenvalue weighted by molar-refractivity contribution is 6.40. The number of nitro groups is 1. The molecule has 0 aliphatic heterocycles. The van der Waals surface area contributed by atoms with Gasteiger partial charge in [-0.15, -0.1) is 0 Å². The number of nitrogens with one attached hydrogen (secondary N) is 1. The third kappa shape index (κ3) is 2.28. The second kappa shape index (κ2) is 4.91. The summed E-state index contributed by atoms with van der Waals surface area (Å²) in [6.07, 6.45) is 1.46. The molecule has 8 heteroatoms. The number of rotatable bonds is 3. The summed E-state index contributed by atoms with van der Waals surface area (Å²) in [6, 6.07) is 5.52. The normalized spacial score (nSPS) is 11.0. The number of ketones is 1. The molecule has 6 nitrogen and oxygen atoms in total. The molecule has 0 radical (unpaired) electrons. The summed E-state index contributed by atoms with van der Waals surface area (Å²) in [5.74, 6) is -1.13. The molecule has 1 aromatic carbocycles. The Bertz CT molecular complexity index is 882. The van der Waals surface area contributed by atoms with Gasteiger partial charge in [0.15, 0.2) is 5.76 Å². The van der Waals surface area contributed by atoms with Crippen molar-refractivity contribution in [3.05, 3.63) is 61.9 Å². The lowest BCUT2D eigenvalue weighted by atomic mass is 10.1. The molecule has 106 valence electrons. The lowest BCUT2D eigenvalue weighted by molar-refractivity contribution is -0.402. The van der Waals surface area contributed by atoms with Crippen LogP contribution in [0.1, 0.15) is 16.1 Å². The first-order valence-corrected chi connectivity index (χ1v) is 6.48. The Morgan fingerprint density at radius 3 is 2.71 bits per heavy atom. The monoisotopic (exact) mass is 324 g/mol. The molecule has 0 spiro atoms. The van der Waals surface area contributed by atoms with Crippen LogP contribution in [0.2, 0.25) is 10.0 Å². The number of nitrogens with zero attached hydrogens (tertiary/aromatic N) is 1. The van der Waals surface area contributed by atoms with Crippen molar-refractivity contribution in [2.45, 2.75) is 0 Å². The van der Waals surface area contributed by atoms with E-state index >= 15 is 0 Å². The quantitative estimate of drug-likeness (QED) is 0.444. The van der Waals surface area contributed by atoms with Gasteiger partial charge in [0.2, 0.25) is 5.78 Å². The number of carbonyl (C=O) groups is 1. The summed E-state index contributed by atoms with van der Waals surface area (Å²) in [5.41, 5.74) is 0.854. The van der Waals surface area contributed by atoms with Crippen molar-refractivity contribution in [2.75, 3.05) is 0 Å². The zero-order valence-electron chi connectivity index (χ0n) is 10.2. The van der Waals surface area contributed by atoms with Gasteiger partial charge in [-0.25, -0.2) is 0 Å². The SMILES string of the molecule is O=C(c1ccc([N+](=O)[O-])o1)c1c[nH]c2cc(Cl)cc(Cl)c12. The third-order valence-electron chi connectivity index (χ3n) is 2.94. The molecule has 0 bridgehead atoms. The number of furan rings is 1. The van der Waals surface area contributed by atoms with Crippen LogP contribution in [0.4, 0.5) is 5.88 Å². The molecule has 0 atom stereocenters. The van der Waals surface area contributed by atoms with Gasteiger partial charge in [-0.05, 0) is 18.2 Å². The number of benzene rings is 1. The number of hydrogen-bond acceptors (Lipinski definition) is 4. The van der Waals surface area contributed by atoms with E-state index in [0.29, 0.717) is 20.9 Å². The van der Waals surface area contributed by atoms with E-state index in [9.17, 15) is 14.9 Å². The van der Waals surface area contributed by atoms with E-state index in [2.05, 4.69) is 4.98 Å². The van der Waals surface area contributed by atoms with Gasteiger partial charge in [0.1, 0.15) is 4.92 Å². The first-order chi connectivity index (χ1) is 9.97. The average Bonchev–Trinajstić information content (AvgIpc) is 3.04. The first kappa shape index (κ1) is 13.7. The Hall–Kier alpha value is -2.31. The van der Waals surface area contributed by atoms with Crippen molar-refractivity contribution in [1.82, 2.24) is 4.98 Å². The molecule has 0 unspecified atom stereocenters. The number of aromatic nitrogens is 1. The standard InChI is InChI=1S/C13H6Cl2N2O4/c14-6-3-8(15)12-7(5-16-9(12)4-6)13(18)10-1-2-11(21-10)17(19)20/h1-5,16H. The Labute approximate surface area is 127 Å². The first-order valence-electron chi connectivity index (χ1n) is 5.72. The minimum Gasteiger partial charge on any atom is -0.397 e. The maximum atomic E-state index is 12.4. The van der Waals surface area contributed by atoms with Crippen LogP contribution < -0.4 is 0 Å². The minimum atomic E-state index is -0.710. The fraction of sp³-hybridized carbons (Fsp3) is 0. The van der Waals surface area contributed by atoms with E-state index in [1.165, 1.54) is 18.3 Å². The molecule has 3 aromatic rings. The number of aromatic amines is 1. The van der Waals surface area contributed by atoms with Crippen LogP contribution in [0, 0.1) is 10.1 Å². The summed E-state index contributed by atoms with van der Waals surface area (Å²) in [4.78, 5) is 25.1. The Morgan fingerprint density at radius 2 is 2.05 bits per heavy atom. The van der Waals surface area contributed by atoms with Crippen LogP contribution >= 0.6 is 23.2 Å². The lowest BCUT2D eigenvalue weighted by Gasteiger charge is -1.99. The predicted octanol–water partition coefficient (Wildman–Crippen LogP) is 4.21. The molecule has 3 rings (SSSR count). The zero-order valence-corrected chi connectivity index (χ0v) is 11.7. The topological polar surface area (TPSA) is 89.1 Å². The molecular weight excluding hydrogens is 319 g/mol. The van der Waals surface area contributed by atoms with E-state index in [1.807, 2.05) is 0 Å². The van der Waals surface area contributed by atoms with Crippen molar-refractivity contribution < 1.29 is 14.1 Å². The van der Waals surface area contributed by atoms with E-state index in [4.69, 9.17) is 27.6 Å². The number of fused-ring (bicyclic) bond motifs is 1. The number of hydrogen-bond donors (Lipinski definition) is 1. The highest BCUT2D eigenvalue weighted by Crippen LogP contribution is 2.32. The van der Waals surface area contributed by atoms with Crippen LogP contribution in [0.3, 0.4) is 0 Å². The molecule has 0 fully saturated rings. The van der Waals surface area contributed by atoms with Crippen LogP contribution in [0.15, 0.2) is 34.9 Å². The minimum absolute atomic E-state index is 0.131. The molecule has 0 saturated carbocycles. The zero-order chi connectivity index (χ0) is 15.1. The molecule has 1 N–H and O–H groups in total. The number of halogens is 2. The highest BCUT2D eigenvalue weighted by Gasteiger charge is 2.22. The van der Waals surface area contributed by atoms with Gasteiger partial charge in [-0.1, -0.05) is 23.2 Å². The highest BCUT2D eigenvalue weighted by atomic mass is 35.5. The third-order valence-corrected chi connectivity index (χ3v) is 3.45. The lowest BCUT2D eigenvalue weighted by Crippen LogP contribution is -1.98. The summed E-state index contributed by atoms with van der Waals surface area (Å²) in [5, 5.41) is 11.8. The van der Waals surface area contributed by atoms with Gasteiger partial charge in [0.25, 0.3) is 0 Å². The number of H-pyrrole nitrogens is 1. The van der Waals surface area contributed by atoms with Gasteiger partial charge < -0.3 is 9.40 Å². The van der Waals surface area contributed by atoms with Crippen molar-refractivity contribution in [1.29, 1.82) is 0 Å². The fourth-order valence-corrected chi connectivity index (χ4v) is 2.64. The molecule has 21 heavy (non-hydrogen) atoms. The van der Waals surface area contributed by atoms with Gasteiger partial charge in [-0.3, -0.25) is 14.9 Å². The molecule has 0 saturated heterocycles. The largest absolute Gasteiger partial charge is 0.433 e. The van der Waals surface area contributed by atoms with Gasteiger partial charge in [0.05, 0.1) is 16.7 Å². The van der Waals surface area contributed by atoms with Crippen molar-refractivity contribution in [3.63, 3.8) is 0 Å². The summed E-state index contributed by atoms with van der Waals surface area (Å²) >= 11 is 12.0. The second-order valence-electron chi connectivity index (χ2n) is 4.24. The summed E-state index contributed by atoms with van der Waals surface area (Å²) < 4.78 is 4.91. The van der Waals surface area contributed by atoms with Crippen LogP contribution in [0.25, 0.3) is 10.9 Å². The van der Waals surface area contributed by atoms with Crippen LogP contribution in [-0.4, -0.2) is 15.7 Å². The Morgan fingerprint density at radius 1 is 1.29 bits per heavy atom. The van der Waals surface area contributed by atoms with Gasteiger partial charge in [0, 0.05) is 22.1 Å². The predicted molar refractivity (Wildman–Crippen MR) is 77.1 cm³/mol. The van der Waals surface area contributed by atoms with Crippen molar-refractivity contribution >= 4 is 45.8 Å². The second-order valence-corrected chi connectivity index (χ2v) is 5.08. The molecule has 0 aliphatic rings. The number of carbonyl (C=O) groups excluding carboxylic acids is 1. The Balaban J connectivity index is 2.11. The summed E-state index contributed by atoms with van der Waals surface area (Å²) in [6.45, 7) is 0. The fourth-order valence-electron chi connectivity index (χ4n) is 2.04. The van der Waals surface area contributed by atoms with Crippen molar-refractivity contribution in [3.8, 4) is 0 Å². The van der Waals surface area contributed by atoms with Crippen LogP contribution in [0.5, 0.6) is 0 Å². The summed E-state index contributed by atoms with van der Waals surface area (Å²) in [7, 11) is 0. The average molecular weight is 325 g/mol. The molecule has 0 amide bonds. The van der Waals surface area contributed by atoms with E-state index in [-0.39, 0.29) is 11.3 Å². The van der Waals surface area contributed by atoms with Crippen molar-refractivity contribution in [2.24, 2.45) is 0 Å². The molecule has 0 aliphatic carbocycles. The molecule has 2 heterocycles. The molecule has 2 aromatic heterocycles. The maximum Gasteiger partial charge on any atom is 0.433 e. The van der Waals surface area contributed by atoms with E-state index in [0.717, 1.165) is 6.07 Å². The molecular formula is C13H6Cl2N2O4. The maximum absolute atomic E-state index is 12.4. The van der Waals surface area contributed by atoms with Gasteiger partial charge in [-0.2, -0.15) is 0 Å². The van der Waals surface area contributed by atoms with E-state index in [1.54, 1.807) is 6.07 Å². The smallest absolute Gasteiger partial charge is 0.397 e. The van der Waals surface area contributed by atoms with Crippen LogP contribution in [-0.2, 0) is 0 Å². The Kier molecular flexibility index (Phi) is 3.19. The van der Waals surface area contributed by atoms with Gasteiger partial charge >= 0.3 is 5.88 Å².